The molecule has 0 unspecified atom stereocenters. The zero-order chi connectivity index (χ0) is 34.5. The van der Waals surface area contributed by atoms with E-state index in [0.29, 0.717) is 0 Å². The smallest absolute Gasteiger partial charge is 0.0462 e. The molecule has 2 heteroatoms. The summed E-state index contributed by atoms with van der Waals surface area (Å²) in [5.74, 6) is 0. The number of rotatable bonds is 9. The molecule has 7 aromatic carbocycles. The Morgan fingerprint density at radius 3 is 1.22 bits per heavy atom. The maximum absolute atomic E-state index is 2.32. The van der Waals surface area contributed by atoms with Crippen LogP contribution in [-0.4, -0.2) is 0 Å². The van der Waals surface area contributed by atoms with Crippen molar-refractivity contribution >= 4 is 46.3 Å². The van der Waals surface area contributed by atoms with E-state index in [4.69, 9.17) is 0 Å². The van der Waals surface area contributed by atoms with Crippen LogP contribution in [0.3, 0.4) is 0 Å². The van der Waals surface area contributed by atoms with Crippen molar-refractivity contribution < 1.29 is 0 Å². The minimum absolute atomic E-state index is 1.13. The second-order valence-corrected chi connectivity index (χ2v) is 13.0. The summed E-state index contributed by atoms with van der Waals surface area (Å²) in [5.41, 5.74) is 16.7. The molecule has 0 bridgehead atoms. The lowest BCUT2D eigenvalue weighted by molar-refractivity contribution is 1.27. The number of nitrogens with zero attached hydrogens (tertiary/aromatic N) is 2. The molecule has 0 spiro atoms. The molecule has 0 heterocycles. The van der Waals surface area contributed by atoms with Gasteiger partial charge in [-0.3, -0.25) is 0 Å². The van der Waals surface area contributed by atoms with Crippen molar-refractivity contribution in [3.8, 4) is 11.1 Å². The average Bonchev–Trinajstić information content (AvgIpc) is 3.15. The molecule has 0 atom stereocenters. The highest BCUT2D eigenvalue weighted by molar-refractivity contribution is 5.81. The number of anilines is 6. The van der Waals surface area contributed by atoms with Crippen LogP contribution in [-0.2, 0) is 0 Å². The Labute approximate surface area is 297 Å². The van der Waals surface area contributed by atoms with Crippen LogP contribution >= 0.6 is 0 Å². The zero-order valence-electron chi connectivity index (χ0n) is 29.2. The molecule has 244 valence electrons. The quantitative estimate of drug-likeness (QED) is 0.144. The Balaban J connectivity index is 1.11. The van der Waals surface area contributed by atoms with Crippen LogP contribution in [0.5, 0.6) is 0 Å². The third kappa shape index (κ3) is 7.16. The molecule has 7 aromatic rings. The monoisotopic (exact) mass is 646 g/mol. The first-order valence-corrected chi connectivity index (χ1v) is 17.3. The summed E-state index contributed by atoms with van der Waals surface area (Å²) in [4.78, 5) is 4.61. The second-order valence-electron chi connectivity index (χ2n) is 13.0. The summed E-state index contributed by atoms with van der Waals surface area (Å²) < 4.78 is 0. The first-order chi connectivity index (χ1) is 24.4. The Hall–Kier alpha value is -6.12. The van der Waals surface area contributed by atoms with E-state index in [1.807, 2.05) is 0 Å². The number of hydrogen-bond acceptors (Lipinski definition) is 2. The highest BCUT2D eigenvalue weighted by Crippen LogP contribution is 2.37. The van der Waals surface area contributed by atoms with Crippen molar-refractivity contribution in [2.45, 2.75) is 27.7 Å². The van der Waals surface area contributed by atoms with Crippen LogP contribution in [0.25, 0.3) is 23.3 Å². The molecule has 0 fully saturated rings. The van der Waals surface area contributed by atoms with Gasteiger partial charge in [-0.25, -0.2) is 0 Å². The zero-order valence-corrected chi connectivity index (χ0v) is 29.2. The fraction of sp³-hybridized carbons (Fsp3) is 0.0833. The first kappa shape index (κ1) is 32.4. The summed E-state index contributed by atoms with van der Waals surface area (Å²) >= 11 is 0. The molecule has 7 rings (SSSR count). The normalized spacial score (nSPS) is 11.1. The van der Waals surface area contributed by atoms with Gasteiger partial charge < -0.3 is 9.80 Å². The molecule has 2 nitrogen and oxygen atoms in total. The van der Waals surface area contributed by atoms with Crippen LogP contribution in [0.2, 0.25) is 0 Å². The topological polar surface area (TPSA) is 6.48 Å². The Morgan fingerprint density at radius 2 is 0.760 bits per heavy atom. The van der Waals surface area contributed by atoms with E-state index < -0.39 is 0 Å². The predicted octanol–water partition coefficient (Wildman–Crippen LogP) is 13.7. The number of aryl methyl sites for hydroxylation is 4. The lowest BCUT2D eigenvalue weighted by atomic mass is 9.94. The molecule has 0 saturated carbocycles. The number of benzene rings is 7. The van der Waals surface area contributed by atoms with E-state index in [1.165, 1.54) is 44.5 Å². The van der Waals surface area contributed by atoms with E-state index in [9.17, 15) is 0 Å². The van der Waals surface area contributed by atoms with Crippen LogP contribution in [0.4, 0.5) is 34.1 Å². The molecule has 0 N–H and O–H groups in total. The second kappa shape index (κ2) is 14.6. The summed E-state index contributed by atoms with van der Waals surface area (Å²) in [6, 6.07) is 60.9. The van der Waals surface area contributed by atoms with Gasteiger partial charge in [0, 0.05) is 34.1 Å². The highest BCUT2D eigenvalue weighted by Gasteiger charge is 2.14. The molecule has 0 aliphatic heterocycles. The SMILES string of the molecule is Cc1ccc(N(c2ccc(C)cc2)c2ccc(/C=C/c3cc(C)c(-c4ccc(N(c5ccccc5)c5ccccc5)cc4)cc3C)cc2)cc1. The largest absolute Gasteiger partial charge is 0.311 e. The summed E-state index contributed by atoms with van der Waals surface area (Å²) in [5, 5.41) is 0. The molecule has 50 heavy (non-hydrogen) atoms. The van der Waals surface area contributed by atoms with Gasteiger partial charge in [-0.05, 0) is 134 Å². The lowest BCUT2D eigenvalue weighted by Crippen LogP contribution is -2.09. The van der Waals surface area contributed by atoms with Crippen molar-refractivity contribution in [1.29, 1.82) is 0 Å². The summed E-state index contributed by atoms with van der Waals surface area (Å²) in [7, 11) is 0. The molecule has 0 radical (unpaired) electrons. The molecular formula is C48H42N2. The Kier molecular flexibility index (Phi) is 9.44. The Bertz CT molecular complexity index is 2110. The van der Waals surface area contributed by atoms with Gasteiger partial charge in [0.15, 0.2) is 0 Å². The van der Waals surface area contributed by atoms with Crippen LogP contribution in [0, 0.1) is 27.7 Å². The summed E-state index contributed by atoms with van der Waals surface area (Å²) in [6.45, 7) is 8.66. The van der Waals surface area contributed by atoms with Gasteiger partial charge in [0.25, 0.3) is 0 Å². The van der Waals surface area contributed by atoms with Gasteiger partial charge in [0.1, 0.15) is 0 Å². The molecule has 0 aliphatic rings. The van der Waals surface area contributed by atoms with Crippen molar-refractivity contribution in [1.82, 2.24) is 0 Å². The third-order valence-corrected chi connectivity index (χ3v) is 9.27. The molecular weight excluding hydrogens is 605 g/mol. The minimum atomic E-state index is 1.13. The van der Waals surface area contributed by atoms with Gasteiger partial charge in [-0.1, -0.05) is 120 Å². The molecule has 0 saturated heterocycles. The minimum Gasteiger partial charge on any atom is -0.311 e. The lowest BCUT2D eigenvalue weighted by Gasteiger charge is -2.26. The van der Waals surface area contributed by atoms with Gasteiger partial charge in [0.05, 0.1) is 0 Å². The van der Waals surface area contributed by atoms with Crippen molar-refractivity contribution in [3.63, 3.8) is 0 Å². The molecule has 0 amide bonds. The first-order valence-electron chi connectivity index (χ1n) is 17.3. The van der Waals surface area contributed by atoms with Crippen molar-refractivity contribution in [2.24, 2.45) is 0 Å². The summed E-state index contributed by atoms with van der Waals surface area (Å²) in [6.07, 6.45) is 4.45. The van der Waals surface area contributed by atoms with Gasteiger partial charge in [-0.2, -0.15) is 0 Å². The Morgan fingerprint density at radius 1 is 0.360 bits per heavy atom. The van der Waals surface area contributed by atoms with Gasteiger partial charge in [0.2, 0.25) is 0 Å². The average molecular weight is 647 g/mol. The van der Waals surface area contributed by atoms with E-state index in [0.717, 1.165) is 34.1 Å². The van der Waals surface area contributed by atoms with Crippen LogP contribution in [0.1, 0.15) is 33.4 Å². The van der Waals surface area contributed by atoms with Crippen molar-refractivity contribution in [3.05, 3.63) is 203 Å². The number of para-hydroxylation sites is 2. The van der Waals surface area contributed by atoms with Gasteiger partial charge >= 0.3 is 0 Å². The third-order valence-electron chi connectivity index (χ3n) is 9.27. The van der Waals surface area contributed by atoms with Gasteiger partial charge in [-0.15, -0.1) is 0 Å². The van der Waals surface area contributed by atoms with E-state index in [1.54, 1.807) is 0 Å². The maximum Gasteiger partial charge on any atom is 0.0462 e. The molecule has 0 aromatic heterocycles. The van der Waals surface area contributed by atoms with Crippen molar-refractivity contribution in [2.75, 3.05) is 9.80 Å². The van der Waals surface area contributed by atoms with E-state index in [-0.39, 0.29) is 0 Å². The van der Waals surface area contributed by atoms with E-state index >= 15 is 0 Å². The fourth-order valence-corrected chi connectivity index (χ4v) is 6.48. The molecule has 0 aliphatic carbocycles. The van der Waals surface area contributed by atoms with E-state index in [2.05, 4.69) is 220 Å². The fourth-order valence-electron chi connectivity index (χ4n) is 6.48. The maximum atomic E-state index is 2.32. The highest BCUT2D eigenvalue weighted by atomic mass is 15.1. The van der Waals surface area contributed by atoms with Crippen LogP contribution in [0.15, 0.2) is 170 Å². The van der Waals surface area contributed by atoms with Crippen LogP contribution < -0.4 is 9.80 Å². The standard InChI is InChI=1S/C48H42N2/c1-35-15-25-44(26-16-35)50(45-27-17-36(2)18-28-45)46-29-20-39(21-30-46)19-22-41-33-38(4)48(34-37(41)3)40-23-31-47(32-24-40)49(42-11-7-5-8-12-42)43-13-9-6-10-14-43/h5-34H,1-4H3/b22-19+. The number of hydrogen-bond donors (Lipinski definition) is 0. The predicted molar refractivity (Wildman–Crippen MR) is 216 cm³/mol.